The minimum Gasteiger partial charge on any atom is -0.487 e. The highest BCUT2D eigenvalue weighted by atomic mass is 16.5. The van der Waals surface area contributed by atoms with E-state index in [2.05, 4.69) is 20.9 Å². The Morgan fingerprint density at radius 2 is 1.80 bits per heavy atom. The van der Waals surface area contributed by atoms with Crippen molar-refractivity contribution in [3.05, 3.63) is 89.7 Å². The minimum atomic E-state index is -0.333. The molecule has 1 heterocycles. The van der Waals surface area contributed by atoms with Gasteiger partial charge in [-0.1, -0.05) is 18.2 Å². The van der Waals surface area contributed by atoms with Crippen LogP contribution in [0.3, 0.4) is 0 Å². The van der Waals surface area contributed by atoms with E-state index in [9.17, 15) is 9.59 Å². The number of carbonyl (C=O) groups is 2. The molecule has 2 aromatic carbocycles. The van der Waals surface area contributed by atoms with Gasteiger partial charge in [0.05, 0.1) is 5.69 Å². The molecule has 0 saturated heterocycles. The molecule has 0 aliphatic carbocycles. The van der Waals surface area contributed by atoms with Crippen LogP contribution in [0.4, 0.5) is 10.5 Å². The van der Waals surface area contributed by atoms with Crippen LogP contribution in [0.15, 0.2) is 72.9 Å². The average Bonchev–Trinajstić information content (AvgIpc) is 2.78. The van der Waals surface area contributed by atoms with Gasteiger partial charge in [0.1, 0.15) is 12.4 Å². The fourth-order valence-corrected chi connectivity index (χ4v) is 2.71. The van der Waals surface area contributed by atoms with Crippen LogP contribution in [0.25, 0.3) is 0 Å². The number of amides is 3. The molecular weight excluding hydrogens is 380 g/mol. The van der Waals surface area contributed by atoms with E-state index < -0.39 is 0 Å². The zero-order valence-corrected chi connectivity index (χ0v) is 16.7. The molecule has 154 valence electrons. The summed E-state index contributed by atoms with van der Waals surface area (Å²) in [7, 11) is 0. The monoisotopic (exact) mass is 404 g/mol. The van der Waals surface area contributed by atoms with Crippen molar-refractivity contribution in [3.8, 4) is 5.75 Å². The molecule has 1 aromatic heterocycles. The summed E-state index contributed by atoms with van der Waals surface area (Å²) in [6.07, 6.45) is 1.73. The van der Waals surface area contributed by atoms with Crippen LogP contribution in [0.1, 0.15) is 28.5 Å². The topological polar surface area (TPSA) is 92.4 Å². The molecule has 0 spiro atoms. The molecule has 0 aliphatic rings. The van der Waals surface area contributed by atoms with Crippen LogP contribution >= 0.6 is 0 Å². The van der Waals surface area contributed by atoms with E-state index in [4.69, 9.17) is 4.74 Å². The molecule has 0 bridgehead atoms. The zero-order chi connectivity index (χ0) is 21.2. The first-order valence-electron chi connectivity index (χ1n) is 9.69. The Hall–Kier alpha value is -3.87. The highest BCUT2D eigenvalue weighted by Gasteiger charge is 2.06. The van der Waals surface area contributed by atoms with Gasteiger partial charge in [0, 0.05) is 30.5 Å². The molecule has 3 aromatic rings. The molecule has 0 atom stereocenters. The number of aromatic nitrogens is 1. The highest BCUT2D eigenvalue weighted by molar-refractivity contribution is 5.95. The molecule has 30 heavy (non-hydrogen) atoms. The summed E-state index contributed by atoms with van der Waals surface area (Å²) in [5.74, 6) is 0.569. The predicted molar refractivity (Wildman–Crippen MR) is 115 cm³/mol. The maximum absolute atomic E-state index is 12.2. The van der Waals surface area contributed by atoms with Gasteiger partial charge in [-0.25, -0.2) is 4.79 Å². The van der Waals surface area contributed by atoms with Crippen molar-refractivity contribution in [3.63, 3.8) is 0 Å². The van der Waals surface area contributed by atoms with Crippen LogP contribution in [-0.4, -0.2) is 23.5 Å². The molecule has 0 fully saturated rings. The van der Waals surface area contributed by atoms with Gasteiger partial charge >= 0.3 is 6.03 Å². The fraction of sp³-hybridized carbons (Fsp3) is 0.174. The van der Waals surface area contributed by atoms with E-state index in [1.54, 1.807) is 30.5 Å². The third kappa shape index (κ3) is 6.34. The number of urea groups is 1. The number of nitrogens with zero attached hydrogens (tertiary/aromatic N) is 1. The molecule has 0 aliphatic heterocycles. The van der Waals surface area contributed by atoms with Crippen molar-refractivity contribution >= 4 is 17.6 Å². The van der Waals surface area contributed by atoms with Gasteiger partial charge in [0.15, 0.2) is 0 Å². The van der Waals surface area contributed by atoms with Crippen LogP contribution < -0.4 is 20.7 Å². The van der Waals surface area contributed by atoms with Gasteiger partial charge in [-0.05, 0) is 61.0 Å². The van der Waals surface area contributed by atoms with Crippen molar-refractivity contribution in [2.24, 2.45) is 0 Å². The maximum Gasteiger partial charge on any atom is 0.319 e. The molecule has 3 N–H and O–H groups in total. The standard InChI is InChI=1S/C23H24N4O3/c1-2-24-22(28)18-9-11-19(12-10-18)27-23(29)26-15-17-6-5-8-21(14-17)30-16-20-7-3-4-13-25-20/h3-14H,2,15-16H2,1H3,(H,24,28)(H2,26,27,29). The van der Waals surface area contributed by atoms with Gasteiger partial charge < -0.3 is 20.7 Å². The first-order chi connectivity index (χ1) is 14.6. The smallest absolute Gasteiger partial charge is 0.319 e. The number of benzene rings is 2. The summed E-state index contributed by atoms with van der Waals surface area (Å²) in [4.78, 5) is 28.2. The zero-order valence-electron chi connectivity index (χ0n) is 16.7. The lowest BCUT2D eigenvalue weighted by molar-refractivity contribution is 0.0956. The summed E-state index contributed by atoms with van der Waals surface area (Å²) in [6.45, 7) is 3.16. The van der Waals surface area contributed by atoms with E-state index >= 15 is 0 Å². The van der Waals surface area contributed by atoms with Gasteiger partial charge in [-0.15, -0.1) is 0 Å². The second-order valence-electron chi connectivity index (χ2n) is 6.50. The number of rotatable bonds is 8. The quantitative estimate of drug-likeness (QED) is 0.533. The van der Waals surface area contributed by atoms with Gasteiger partial charge in [0.2, 0.25) is 0 Å². The molecule has 7 nitrogen and oxygen atoms in total. The molecular formula is C23H24N4O3. The van der Waals surface area contributed by atoms with Gasteiger partial charge in [-0.3, -0.25) is 9.78 Å². The second kappa shape index (κ2) is 10.6. The van der Waals surface area contributed by atoms with Crippen molar-refractivity contribution in [2.45, 2.75) is 20.1 Å². The van der Waals surface area contributed by atoms with Crippen LogP contribution in [0, 0.1) is 0 Å². The Kier molecular flexibility index (Phi) is 7.38. The third-order valence-electron chi connectivity index (χ3n) is 4.21. The third-order valence-corrected chi connectivity index (χ3v) is 4.21. The summed E-state index contributed by atoms with van der Waals surface area (Å²) in [6, 6.07) is 19.6. The van der Waals surface area contributed by atoms with E-state index in [0.717, 1.165) is 11.3 Å². The van der Waals surface area contributed by atoms with E-state index in [-0.39, 0.29) is 11.9 Å². The number of nitrogens with one attached hydrogen (secondary N) is 3. The van der Waals surface area contributed by atoms with E-state index in [1.807, 2.05) is 49.4 Å². The first-order valence-corrected chi connectivity index (χ1v) is 9.69. The van der Waals surface area contributed by atoms with E-state index in [0.29, 0.717) is 36.7 Å². The number of anilines is 1. The normalized spacial score (nSPS) is 10.2. The summed E-state index contributed by atoms with van der Waals surface area (Å²) in [5, 5.41) is 8.29. The Morgan fingerprint density at radius 3 is 2.53 bits per heavy atom. The Balaban J connectivity index is 1.48. The number of pyridine rings is 1. The van der Waals surface area contributed by atoms with Crippen LogP contribution in [0.2, 0.25) is 0 Å². The number of carbonyl (C=O) groups excluding carboxylic acids is 2. The highest BCUT2D eigenvalue weighted by Crippen LogP contribution is 2.15. The summed E-state index contributed by atoms with van der Waals surface area (Å²) < 4.78 is 5.76. The van der Waals surface area contributed by atoms with Crippen LogP contribution in [0.5, 0.6) is 5.75 Å². The van der Waals surface area contributed by atoms with Crippen molar-refractivity contribution in [1.29, 1.82) is 0 Å². The minimum absolute atomic E-state index is 0.140. The van der Waals surface area contributed by atoms with Gasteiger partial charge in [-0.2, -0.15) is 0 Å². The molecule has 0 radical (unpaired) electrons. The lowest BCUT2D eigenvalue weighted by Gasteiger charge is -2.10. The number of hydrogen-bond acceptors (Lipinski definition) is 4. The molecule has 0 unspecified atom stereocenters. The van der Waals surface area contributed by atoms with Crippen molar-refractivity contribution < 1.29 is 14.3 Å². The van der Waals surface area contributed by atoms with Crippen molar-refractivity contribution in [1.82, 2.24) is 15.6 Å². The van der Waals surface area contributed by atoms with Crippen molar-refractivity contribution in [2.75, 3.05) is 11.9 Å². The number of ether oxygens (including phenoxy) is 1. The second-order valence-corrected chi connectivity index (χ2v) is 6.50. The lowest BCUT2D eigenvalue weighted by atomic mass is 10.2. The first kappa shape index (κ1) is 20.9. The average molecular weight is 404 g/mol. The predicted octanol–water partition coefficient (Wildman–Crippen LogP) is 3.73. The van der Waals surface area contributed by atoms with Gasteiger partial charge in [0.25, 0.3) is 5.91 Å². The lowest BCUT2D eigenvalue weighted by Crippen LogP contribution is -2.28. The molecule has 7 heteroatoms. The molecule has 3 rings (SSSR count). The SMILES string of the molecule is CCNC(=O)c1ccc(NC(=O)NCc2cccc(OCc3ccccn3)c2)cc1. The summed E-state index contributed by atoms with van der Waals surface area (Å²) >= 11 is 0. The van der Waals surface area contributed by atoms with E-state index in [1.165, 1.54) is 0 Å². The fourth-order valence-electron chi connectivity index (χ4n) is 2.71. The Labute approximate surface area is 175 Å². The maximum atomic E-state index is 12.2. The number of hydrogen-bond donors (Lipinski definition) is 3. The van der Waals surface area contributed by atoms with Crippen LogP contribution in [-0.2, 0) is 13.2 Å². The largest absolute Gasteiger partial charge is 0.487 e. The molecule has 3 amide bonds. The molecule has 0 saturated carbocycles. The Bertz CT molecular complexity index is 975. The Morgan fingerprint density at radius 1 is 0.967 bits per heavy atom. The summed E-state index contributed by atoms with van der Waals surface area (Å²) in [5.41, 5.74) is 2.91.